The molecule has 0 spiro atoms. The molecule has 1 amide bonds. The normalized spacial score (nSPS) is 20.5. The summed E-state index contributed by atoms with van der Waals surface area (Å²) in [5.74, 6) is -0.687. The van der Waals surface area contributed by atoms with Crippen molar-refractivity contribution in [1.82, 2.24) is 5.32 Å². The first-order valence-corrected chi connectivity index (χ1v) is 8.47. The van der Waals surface area contributed by atoms with Gasteiger partial charge in [0, 0.05) is 17.0 Å². The van der Waals surface area contributed by atoms with Crippen LogP contribution in [-0.4, -0.2) is 11.9 Å². The number of amides is 1. The summed E-state index contributed by atoms with van der Waals surface area (Å²) in [6, 6.07) is 12.0. The molecule has 0 heterocycles. The molecule has 2 aromatic carbocycles. The molecule has 0 aliphatic heterocycles. The minimum absolute atomic E-state index is 0.00991. The topological polar surface area (TPSA) is 29.1 Å². The van der Waals surface area contributed by atoms with Crippen molar-refractivity contribution < 1.29 is 18.0 Å². The molecule has 0 saturated heterocycles. The van der Waals surface area contributed by atoms with Crippen molar-refractivity contribution in [2.75, 3.05) is 0 Å². The van der Waals surface area contributed by atoms with Crippen LogP contribution in [0.15, 0.2) is 48.5 Å². The van der Waals surface area contributed by atoms with Gasteiger partial charge in [-0.05, 0) is 36.6 Å². The standard InChI is InChI=1S/C19H17ClF3NO/c20-16-10-4-2-6-12(16)13-8-5-11-17(13)24-18(25)14-7-1-3-9-15(14)19(21,22)23/h1-4,6-7,9-10,13,17H,5,8,11H2,(H,24,25)/t13-,17-/m0/s1. The third kappa shape index (κ3) is 3.82. The van der Waals surface area contributed by atoms with Crippen LogP contribution in [0.4, 0.5) is 13.2 Å². The van der Waals surface area contributed by atoms with Crippen molar-refractivity contribution in [3.63, 3.8) is 0 Å². The highest BCUT2D eigenvalue weighted by molar-refractivity contribution is 6.31. The number of halogens is 4. The van der Waals surface area contributed by atoms with E-state index in [0.717, 1.165) is 30.9 Å². The Morgan fingerprint density at radius 3 is 2.44 bits per heavy atom. The van der Waals surface area contributed by atoms with Crippen LogP contribution >= 0.6 is 11.6 Å². The molecule has 0 radical (unpaired) electrons. The molecule has 2 atom stereocenters. The van der Waals surface area contributed by atoms with Crippen LogP contribution in [0, 0.1) is 0 Å². The molecule has 3 rings (SSSR count). The number of carbonyl (C=O) groups is 1. The number of carbonyl (C=O) groups excluding carboxylic acids is 1. The summed E-state index contributed by atoms with van der Waals surface area (Å²) in [5.41, 5.74) is -0.337. The van der Waals surface area contributed by atoms with Gasteiger partial charge in [-0.2, -0.15) is 13.2 Å². The maximum absolute atomic E-state index is 13.1. The molecule has 1 saturated carbocycles. The van der Waals surface area contributed by atoms with E-state index in [9.17, 15) is 18.0 Å². The number of alkyl halides is 3. The molecule has 2 nitrogen and oxygen atoms in total. The summed E-state index contributed by atoms with van der Waals surface area (Å²) >= 11 is 6.25. The largest absolute Gasteiger partial charge is 0.417 e. The van der Waals surface area contributed by atoms with E-state index >= 15 is 0 Å². The average molecular weight is 368 g/mol. The summed E-state index contributed by atoms with van der Waals surface area (Å²) in [5, 5.41) is 3.40. The first kappa shape index (κ1) is 17.8. The highest BCUT2D eigenvalue weighted by atomic mass is 35.5. The average Bonchev–Trinajstić information content (AvgIpc) is 3.02. The van der Waals surface area contributed by atoms with Gasteiger partial charge in [-0.15, -0.1) is 0 Å². The van der Waals surface area contributed by atoms with Gasteiger partial charge in [0.2, 0.25) is 0 Å². The minimum Gasteiger partial charge on any atom is -0.349 e. The molecular weight excluding hydrogens is 351 g/mol. The Labute approximate surface area is 149 Å². The second-order valence-electron chi connectivity index (χ2n) is 6.18. The van der Waals surface area contributed by atoms with Crippen LogP contribution < -0.4 is 5.32 Å². The van der Waals surface area contributed by atoms with Gasteiger partial charge >= 0.3 is 6.18 Å². The maximum Gasteiger partial charge on any atom is 0.417 e. The Morgan fingerprint density at radius 1 is 1.04 bits per heavy atom. The quantitative estimate of drug-likeness (QED) is 0.770. The van der Waals surface area contributed by atoms with Gasteiger partial charge in [-0.3, -0.25) is 4.79 Å². The number of benzene rings is 2. The van der Waals surface area contributed by atoms with E-state index in [-0.39, 0.29) is 17.5 Å². The molecule has 1 aliphatic rings. The van der Waals surface area contributed by atoms with Crippen molar-refractivity contribution >= 4 is 17.5 Å². The summed E-state index contributed by atoms with van der Waals surface area (Å²) in [7, 11) is 0. The fraction of sp³-hybridized carbons (Fsp3) is 0.316. The molecule has 0 bridgehead atoms. The lowest BCUT2D eigenvalue weighted by Gasteiger charge is -2.23. The Kier molecular flexibility index (Phi) is 5.04. The third-order valence-electron chi connectivity index (χ3n) is 4.61. The number of nitrogens with one attached hydrogen (secondary N) is 1. The van der Waals surface area contributed by atoms with Crippen LogP contribution in [0.25, 0.3) is 0 Å². The van der Waals surface area contributed by atoms with Crippen molar-refractivity contribution in [1.29, 1.82) is 0 Å². The number of rotatable bonds is 3. The molecule has 6 heteroatoms. The molecule has 0 aromatic heterocycles. The molecule has 2 aromatic rings. The van der Waals surface area contributed by atoms with Crippen molar-refractivity contribution in [2.24, 2.45) is 0 Å². The third-order valence-corrected chi connectivity index (χ3v) is 4.96. The van der Waals surface area contributed by atoms with Gasteiger partial charge in [0.25, 0.3) is 5.91 Å². The Morgan fingerprint density at radius 2 is 1.72 bits per heavy atom. The first-order chi connectivity index (χ1) is 11.9. The predicted octanol–water partition coefficient (Wildman–Crippen LogP) is 5.42. The highest BCUT2D eigenvalue weighted by Crippen LogP contribution is 2.38. The Bertz CT molecular complexity index is 775. The maximum atomic E-state index is 13.1. The van der Waals surface area contributed by atoms with E-state index in [4.69, 9.17) is 11.6 Å². The Balaban J connectivity index is 1.83. The van der Waals surface area contributed by atoms with E-state index in [0.29, 0.717) is 5.02 Å². The van der Waals surface area contributed by atoms with E-state index in [1.165, 1.54) is 18.2 Å². The van der Waals surface area contributed by atoms with Crippen LogP contribution in [-0.2, 0) is 6.18 Å². The zero-order chi connectivity index (χ0) is 18.0. The predicted molar refractivity (Wildman–Crippen MR) is 90.7 cm³/mol. The van der Waals surface area contributed by atoms with Crippen LogP contribution in [0.1, 0.15) is 46.7 Å². The molecule has 1 aliphatic carbocycles. The van der Waals surface area contributed by atoms with Crippen LogP contribution in [0.3, 0.4) is 0 Å². The monoisotopic (exact) mass is 367 g/mol. The smallest absolute Gasteiger partial charge is 0.349 e. The molecule has 1 fully saturated rings. The molecule has 1 N–H and O–H groups in total. The lowest BCUT2D eigenvalue weighted by molar-refractivity contribution is -0.137. The van der Waals surface area contributed by atoms with Crippen molar-refractivity contribution in [3.05, 3.63) is 70.2 Å². The number of hydrogen-bond acceptors (Lipinski definition) is 1. The van der Waals surface area contributed by atoms with E-state index < -0.39 is 17.6 Å². The lowest BCUT2D eigenvalue weighted by Crippen LogP contribution is -2.37. The van der Waals surface area contributed by atoms with Gasteiger partial charge < -0.3 is 5.32 Å². The van der Waals surface area contributed by atoms with Crippen LogP contribution in [0.5, 0.6) is 0 Å². The van der Waals surface area contributed by atoms with E-state index in [2.05, 4.69) is 5.32 Å². The van der Waals surface area contributed by atoms with Crippen LogP contribution in [0.2, 0.25) is 5.02 Å². The Hall–Kier alpha value is -2.01. The van der Waals surface area contributed by atoms with Crippen molar-refractivity contribution in [3.8, 4) is 0 Å². The zero-order valence-corrected chi connectivity index (χ0v) is 14.1. The first-order valence-electron chi connectivity index (χ1n) is 8.09. The lowest BCUT2D eigenvalue weighted by atomic mass is 9.93. The highest BCUT2D eigenvalue weighted by Gasteiger charge is 2.36. The van der Waals surface area contributed by atoms with E-state index in [1.807, 2.05) is 18.2 Å². The second-order valence-corrected chi connectivity index (χ2v) is 6.59. The van der Waals surface area contributed by atoms with Crippen molar-refractivity contribution in [2.45, 2.75) is 37.4 Å². The second kappa shape index (κ2) is 7.08. The SMILES string of the molecule is O=C(N[C@H]1CCC[C@H]1c1ccccc1Cl)c1ccccc1C(F)(F)F. The molecular formula is C19H17ClF3NO. The van der Waals surface area contributed by atoms with Gasteiger partial charge in [-0.1, -0.05) is 48.4 Å². The summed E-state index contributed by atoms with van der Waals surface area (Å²) in [6.07, 6.45) is -2.11. The zero-order valence-electron chi connectivity index (χ0n) is 13.3. The summed E-state index contributed by atoms with van der Waals surface area (Å²) in [6.45, 7) is 0. The van der Waals surface area contributed by atoms with E-state index in [1.54, 1.807) is 6.07 Å². The van der Waals surface area contributed by atoms with Gasteiger partial charge in [0.05, 0.1) is 11.1 Å². The molecule has 25 heavy (non-hydrogen) atoms. The summed E-state index contributed by atoms with van der Waals surface area (Å²) < 4.78 is 39.4. The van der Waals surface area contributed by atoms with Gasteiger partial charge in [-0.25, -0.2) is 0 Å². The minimum atomic E-state index is -4.56. The molecule has 0 unspecified atom stereocenters. The fourth-order valence-electron chi connectivity index (χ4n) is 3.46. The summed E-state index contributed by atoms with van der Waals surface area (Å²) in [4.78, 5) is 12.5. The number of hydrogen-bond donors (Lipinski definition) is 1. The molecule has 132 valence electrons. The van der Waals surface area contributed by atoms with Gasteiger partial charge in [0.15, 0.2) is 0 Å². The fourth-order valence-corrected chi connectivity index (χ4v) is 3.73. The van der Waals surface area contributed by atoms with Gasteiger partial charge in [0.1, 0.15) is 0 Å².